The third-order valence-electron chi connectivity index (χ3n) is 2.35. The molecule has 1 rings (SSSR count). The molecule has 0 saturated heterocycles. The molecule has 1 unspecified atom stereocenters. The van der Waals surface area contributed by atoms with E-state index in [4.69, 9.17) is 34.0 Å². The van der Waals surface area contributed by atoms with Crippen LogP contribution in [0.4, 0.5) is 11.4 Å². The van der Waals surface area contributed by atoms with E-state index in [9.17, 15) is 4.79 Å². The van der Waals surface area contributed by atoms with Gasteiger partial charge in [0.15, 0.2) is 0 Å². The zero-order valence-corrected chi connectivity index (χ0v) is 12.8. The Morgan fingerprint density at radius 3 is 2.58 bits per heavy atom. The maximum Gasteiger partial charge on any atom is 0.237 e. The molecule has 0 bridgehead atoms. The fraction of sp³-hybridized carbons (Fsp3) is 0.417. The minimum atomic E-state index is -0.253. The molecule has 7 heteroatoms. The number of amides is 1. The molecule has 106 valence electrons. The highest BCUT2D eigenvalue weighted by Gasteiger charge is 2.16. The Morgan fingerprint density at radius 2 is 2.05 bits per heavy atom. The van der Waals surface area contributed by atoms with Crippen molar-refractivity contribution in [1.82, 2.24) is 0 Å². The number of carbonyl (C=O) groups excluding carboxylic acids is 1. The zero-order valence-electron chi connectivity index (χ0n) is 10.5. The van der Waals surface area contributed by atoms with Gasteiger partial charge in [0.2, 0.25) is 5.91 Å². The van der Waals surface area contributed by atoms with E-state index >= 15 is 0 Å². The third kappa shape index (κ3) is 5.10. The van der Waals surface area contributed by atoms with Gasteiger partial charge in [0.25, 0.3) is 0 Å². The predicted molar refractivity (Wildman–Crippen MR) is 83.1 cm³/mol. The van der Waals surface area contributed by atoms with Crippen molar-refractivity contribution in [3.8, 4) is 0 Å². The molecule has 1 aromatic carbocycles. The highest BCUT2D eigenvalue weighted by Crippen LogP contribution is 2.33. The van der Waals surface area contributed by atoms with E-state index < -0.39 is 0 Å². The topological polar surface area (TPSA) is 75.3 Å². The van der Waals surface area contributed by atoms with E-state index in [1.807, 2.05) is 0 Å². The van der Waals surface area contributed by atoms with Crippen LogP contribution in [0, 0.1) is 0 Å². The van der Waals surface area contributed by atoms with E-state index in [2.05, 4.69) is 5.32 Å². The summed E-state index contributed by atoms with van der Waals surface area (Å²) in [5.74, 6) is 0.533. The first kappa shape index (κ1) is 16.4. The normalized spacial score (nSPS) is 12.2. The fourth-order valence-corrected chi connectivity index (χ4v) is 2.80. The summed E-state index contributed by atoms with van der Waals surface area (Å²) in [6, 6.07) is 3.07. The fourth-order valence-electron chi connectivity index (χ4n) is 1.34. The molecule has 0 aliphatic carbocycles. The molecule has 4 N–H and O–H groups in total. The van der Waals surface area contributed by atoms with Crippen LogP contribution in [0.25, 0.3) is 0 Å². The number of nitrogens with one attached hydrogen (secondary N) is 1. The van der Waals surface area contributed by atoms with Crippen LogP contribution >= 0.6 is 35.0 Å². The Hall–Kier alpha value is -0.620. The van der Waals surface area contributed by atoms with Gasteiger partial charge in [-0.3, -0.25) is 4.79 Å². The van der Waals surface area contributed by atoms with Crippen molar-refractivity contribution in [2.45, 2.75) is 18.6 Å². The summed E-state index contributed by atoms with van der Waals surface area (Å²) in [6.07, 6.45) is 0.658. The van der Waals surface area contributed by atoms with Gasteiger partial charge < -0.3 is 16.2 Å². The van der Waals surface area contributed by atoms with Gasteiger partial charge in [-0.15, -0.1) is 11.8 Å². The third-order valence-corrected chi connectivity index (χ3v) is 4.19. The zero-order chi connectivity index (χ0) is 14.4. The van der Waals surface area contributed by atoms with Gasteiger partial charge >= 0.3 is 0 Å². The number of anilines is 2. The van der Waals surface area contributed by atoms with Crippen LogP contribution in [0.5, 0.6) is 0 Å². The molecular formula is C12H16Cl2N2O2S. The van der Waals surface area contributed by atoms with Crippen molar-refractivity contribution >= 4 is 52.2 Å². The average molecular weight is 323 g/mol. The van der Waals surface area contributed by atoms with E-state index in [-0.39, 0.29) is 17.8 Å². The Balaban J connectivity index is 2.66. The molecular weight excluding hydrogens is 307 g/mol. The lowest BCUT2D eigenvalue weighted by molar-refractivity contribution is -0.115. The quantitative estimate of drug-likeness (QED) is 0.556. The first-order chi connectivity index (χ1) is 8.95. The SMILES string of the molecule is CC(SCCCO)C(=O)Nc1c(Cl)cc(N)cc1Cl. The first-order valence-electron chi connectivity index (χ1n) is 5.73. The van der Waals surface area contributed by atoms with Gasteiger partial charge in [0.05, 0.1) is 21.0 Å². The van der Waals surface area contributed by atoms with Crippen LogP contribution < -0.4 is 11.1 Å². The lowest BCUT2D eigenvalue weighted by atomic mass is 10.2. The van der Waals surface area contributed by atoms with Gasteiger partial charge in [0, 0.05) is 12.3 Å². The summed E-state index contributed by atoms with van der Waals surface area (Å²) >= 11 is 13.4. The van der Waals surface area contributed by atoms with Crippen LogP contribution in [0.1, 0.15) is 13.3 Å². The van der Waals surface area contributed by atoms with Crippen molar-refractivity contribution in [1.29, 1.82) is 0 Å². The Morgan fingerprint density at radius 1 is 1.47 bits per heavy atom. The second kappa shape index (κ2) is 7.85. The number of nitrogen functional groups attached to an aromatic ring is 1. The molecule has 0 radical (unpaired) electrons. The number of aliphatic hydroxyl groups is 1. The minimum absolute atomic E-state index is 0.122. The van der Waals surface area contributed by atoms with Gasteiger partial charge in [-0.25, -0.2) is 0 Å². The number of hydrogen-bond acceptors (Lipinski definition) is 4. The molecule has 1 aromatic rings. The van der Waals surface area contributed by atoms with Crippen molar-refractivity contribution in [3.63, 3.8) is 0 Å². The van der Waals surface area contributed by atoms with Crippen LogP contribution in [-0.2, 0) is 4.79 Å². The van der Waals surface area contributed by atoms with Gasteiger partial charge in [-0.1, -0.05) is 23.2 Å². The lowest BCUT2D eigenvalue weighted by Crippen LogP contribution is -2.23. The first-order valence-corrected chi connectivity index (χ1v) is 7.54. The number of halogens is 2. The molecule has 0 aliphatic heterocycles. The van der Waals surface area contributed by atoms with Crippen LogP contribution in [0.2, 0.25) is 10.0 Å². The van der Waals surface area contributed by atoms with Crippen molar-refractivity contribution in [2.24, 2.45) is 0 Å². The monoisotopic (exact) mass is 322 g/mol. The molecule has 0 fully saturated rings. The summed E-state index contributed by atoms with van der Waals surface area (Å²) < 4.78 is 0. The van der Waals surface area contributed by atoms with Crippen molar-refractivity contribution in [3.05, 3.63) is 22.2 Å². The molecule has 4 nitrogen and oxygen atoms in total. The molecule has 1 atom stereocenters. The number of benzene rings is 1. The van der Waals surface area contributed by atoms with Gasteiger partial charge in [-0.2, -0.15) is 0 Å². The molecule has 0 heterocycles. The smallest absolute Gasteiger partial charge is 0.237 e. The molecule has 19 heavy (non-hydrogen) atoms. The highest BCUT2D eigenvalue weighted by atomic mass is 35.5. The minimum Gasteiger partial charge on any atom is -0.399 e. The molecule has 0 saturated carbocycles. The van der Waals surface area contributed by atoms with E-state index in [0.717, 1.165) is 0 Å². The van der Waals surface area contributed by atoms with Crippen LogP contribution in [0.3, 0.4) is 0 Å². The van der Waals surface area contributed by atoms with Crippen LogP contribution in [0.15, 0.2) is 12.1 Å². The lowest BCUT2D eigenvalue weighted by Gasteiger charge is -2.14. The average Bonchev–Trinajstić information content (AvgIpc) is 2.33. The molecule has 1 amide bonds. The summed E-state index contributed by atoms with van der Waals surface area (Å²) in [7, 11) is 0. The number of aliphatic hydroxyl groups excluding tert-OH is 1. The van der Waals surface area contributed by atoms with Gasteiger partial charge in [-0.05, 0) is 31.2 Å². The highest BCUT2D eigenvalue weighted by molar-refractivity contribution is 8.00. The Bertz CT molecular complexity index is 434. The summed E-state index contributed by atoms with van der Waals surface area (Å²) in [4.78, 5) is 12.0. The second-order valence-electron chi connectivity index (χ2n) is 3.94. The predicted octanol–water partition coefficient (Wildman–Crippen LogP) is 3.02. The number of rotatable bonds is 6. The molecule has 0 spiro atoms. The van der Waals surface area contributed by atoms with Crippen molar-refractivity contribution in [2.75, 3.05) is 23.4 Å². The van der Waals surface area contributed by atoms with Gasteiger partial charge in [0.1, 0.15) is 0 Å². The largest absolute Gasteiger partial charge is 0.399 e. The number of carbonyl (C=O) groups is 1. The van der Waals surface area contributed by atoms with Crippen molar-refractivity contribution < 1.29 is 9.90 Å². The molecule has 0 aliphatic rings. The summed E-state index contributed by atoms with van der Waals surface area (Å²) in [5, 5.41) is 11.8. The maximum atomic E-state index is 12.0. The summed E-state index contributed by atoms with van der Waals surface area (Å²) in [6.45, 7) is 1.91. The number of thioether (sulfide) groups is 1. The Labute approximate surface area is 126 Å². The maximum absolute atomic E-state index is 12.0. The van der Waals surface area contributed by atoms with E-state index in [1.54, 1.807) is 6.92 Å². The number of hydrogen-bond donors (Lipinski definition) is 3. The van der Waals surface area contributed by atoms with E-state index in [1.165, 1.54) is 23.9 Å². The molecule has 0 aromatic heterocycles. The van der Waals surface area contributed by atoms with Crippen LogP contribution in [-0.4, -0.2) is 28.6 Å². The standard InChI is InChI=1S/C12H16Cl2N2O2S/c1-7(19-4-2-3-17)12(18)16-11-9(13)5-8(15)6-10(11)14/h5-7,17H,2-4,15H2,1H3,(H,16,18). The van der Waals surface area contributed by atoms with E-state index in [0.29, 0.717) is 33.6 Å². The summed E-state index contributed by atoms with van der Waals surface area (Å²) in [5.41, 5.74) is 6.41. The number of nitrogens with two attached hydrogens (primary N) is 1. The Kier molecular flexibility index (Phi) is 6.79. The second-order valence-corrected chi connectivity index (χ2v) is 6.20.